The minimum absolute atomic E-state index is 0.178. The van der Waals surface area contributed by atoms with Crippen molar-refractivity contribution in [2.75, 3.05) is 0 Å². The van der Waals surface area contributed by atoms with Gasteiger partial charge in [-0.2, -0.15) is 5.26 Å². The van der Waals surface area contributed by atoms with Gasteiger partial charge >= 0.3 is 0 Å². The van der Waals surface area contributed by atoms with E-state index in [9.17, 15) is 0 Å². The number of amidine groups is 1. The predicted octanol–water partition coefficient (Wildman–Crippen LogP) is 3.41. The average Bonchev–Trinajstić information content (AvgIpc) is 3.05. The van der Waals surface area contributed by atoms with Gasteiger partial charge in [0.05, 0.1) is 29.9 Å². The van der Waals surface area contributed by atoms with E-state index in [0.29, 0.717) is 12.5 Å². The molecule has 0 bridgehead atoms. The van der Waals surface area contributed by atoms with Gasteiger partial charge in [-0.15, -0.1) is 0 Å². The van der Waals surface area contributed by atoms with Crippen molar-refractivity contribution in [1.82, 2.24) is 15.2 Å². The van der Waals surface area contributed by atoms with Crippen LogP contribution in [0.15, 0.2) is 47.7 Å². The number of aryl methyl sites for hydroxylation is 1. The molecule has 0 spiro atoms. The first-order valence-electron chi connectivity index (χ1n) is 9.53. The van der Waals surface area contributed by atoms with Crippen LogP contribution in [0.1, 0.15) is 49.4 Å². The number of hydrogen-bond acceptors (Lipinski definition) is 5. The third kappa shape index (κ3) is 3.17. The number of aliphatic imine (C=N–C) groups is 1. The van der Waals surface area contributed by atoms with Crippen molar-refractivity contribution >= 4 is 5.84 Å². The zero-order valence-corrected chi connectivity index (χ0v) is 15.2. The molecule has 1 aromatic heterocycles. The van der Waals surface area contributed by atoms with Crippen LogP contribution in [-0.4, -0.2) is 33.8 Å². The summed E-state index contributed by atoms with van der Waals surface area (Å²) in [5.74, 6) is 1.03. The Morgan fingerprint density at radius 2 is 2.27 bits per heavy atom. The molecule has 4 rings (SSSR count). The largest absolute Gasteiger partial charge is 0.328 e. The molecule has 26 heavy (non-hydrogen) atoms. The van der Waals surface area contributed by atoms with Crippen molar-refractivity contribution in [3.8, 4) is 6.07 Å². The van der Waals surface area contributed by atoms with Crippen LogP contribution in [0.3, 0.4) is 0 Å². The fourth-order valence-corrected chi connectivity index (χ4v) is 4.44. The molecule has 1 fully saturated rings. The number of hydrogen-bond donors (Lipinski definition) is 1. The zero-order chi connectivity index (χ0) is 17.9. The number of allylic oxidation sites excluding steroid dienone is 2. The molecule has 1 saturated heterocycles. The van der Waals surface area contributed by atoms with Crippen LogP contribution >= 0.6 is 0 Å². The SMILES string of the molecule is Cc1cccnc1[C@@H]1CCC[C@H](C2N=C3C=CC=CN3C2CCC#N)N1. The maximum atomic E-state index is 9.08. The summed E-state index contributed by atoms with van der Waals surface area (Å²) in [5, 5.41) is 12.9. The van der Waals surface area contributed by atoms with Crippen LogP contribution in [0.2, 0.25) is 0 Å². The van der Waals surface area contributed by atoms with E-state index < -0.39 is 0 Å². The molecule has 0 radical (unpaired) electrons. The summed E-state index contributed by atoms with van der Waals surface area (Å²) in [6.07, 6.45) is 15.0. The summed E-state index contributed by atoms with van der Waals surface area (Å²) in [5.41, 5.74) is 2.40. The monoisotopic (exact) mass is 347 g/mol. The van der Waals surface area contributed by atoms with E-state index in [4.69, 9.17) is 10.3 Å². The lowest BCUT2D eigenvalue weighted by atomic mass is 9.87. The van der Waals surface area contributed by atoms with E-state index >= 15 is 0 Å². The van der Waals surface area contributed by atoms with E-state index in [1.165, 1.54) is 12.0 Å². The second kappa shape index (κ2) is 7.43. The molecule has 5 nitrogen and oxygen atoms in total. The van der Waals surface area contributed by atoms with E-state index in [1.807, 2.05) is 18.3 Å². The van der Waals surface area contributed by atoms with Gasteiger partial charge < -0.3 is 10.2 Å². The summed E-state index contributed by atoms with van der Waals surface area (Å²) >= 11 is 0. The zero-order valence-electron chi connectivity index (χ0n) is 15.2. The van der Waals surface area contributed by atoms with Crippen molar-refractivity contribution in [3.05, 3.63) is 54.0 Å². The van der Waals surface area contributed by atoms with Gasteiger partial charge in [-0.05, 0) is 56.4 Å². The number of pyridine rings is 1. The number of nitrogens with one attached hydrogen (secondary N) is 1. The molecule has 134 valence electrons. The standard InChI is InChI=1S/C21H25N5/c1-15-7-6-13-23-20(15)16-8-4-9-17(24-16)21-18(10-5-12-22)26-14-3-2-11-19(26)25-21/h2-3,6-7,11,13-14,16-18,21,24H,4-5,8-10H2,1H3/t16-,17+,18?,21?/m0/s1. The molecular formula is C21H25N5. The lowest BCUT2D eigenvalue weighted by molar-refractivity contribution is 0.239. The van der Waals surface area contributed by atoms with E-state index in [-0.39, 0.29) is 18.1 Å². The fraction of sp³-hybridized carbons (Fsp3) is 0.476. The quantitative estimate of drug-likeness (QED) is 0.906. The molecule has 3 aliphatic heterocycles. The van der Waals surface area contributed by atoms with Gasteiger partial charge in [0.15, 0.2) is 0 Å². The van der Waals surface area contributed by atoms with Gasteiger partial charge in [0.1, 0.15) is 5.84 Å². The predicted molar refractivity (Wildman–Crippen MR) is 102 cm³/mol. The van der Waals surface area contributed by atoms with Crippen molar-refractivity contribution in [2.24, 2.45) is 4.99 Å². The first kappa shape index (κ1) is 17.0. The second-order valence-corrected chi connectivity index (χ2v) is 7.31. The molecule has 1 aromatic rings. The Hall–Kier alpha value is -2.45. The van der Waals surface area contributed by atoms with Crippen molar-refractivity contribution in [2.45, 2.75) is 63.2 Å². The van der Waals surface area contributed by atoms with Gasteiger partial charge in [-0.1, -0.05) is 12.1 Å². The fourth-order valence-electron chi connectivity index (χ4n) is 4.44. The summed E-state index contributed by atoms with van der Waals surface area (Å²) in [6.45, 7) is 2.13. The average molecular weight is 347 g/mol. The molecule has 0 saturated carbocycles. The van der Waals surface area contributed by atoms with Crippen LogP contribution in [0.5, 0.6) is 0 Å². The van der Waals surface area contributed by atoms with E-state index in [1.54, 1.807) is 0 Å². The minimum atomic E-state index is 0.178. The number of aromatic nitrogens is 1. The van der Waals surface area contributed by atoms with Crippen LogP contribution in [0.25, 0.3) is 0 Å². The highest BCUT2D eigenvalue weighted by Crippen LogP contribution is 2.33. The Morgan fingerprint density at radius 1 is 1.35 bits per heavy atom. The Bertz CT molecular complexity index is 788. The van der Waals surface area contributed by atoms with Gasteiger partial charge in [0.2, 0.25) is 0 Å². The number of nitriles is 1. The molecule has 3 aliphatic rings. The first-order chi connectivity index (χ1) is 12.8. The van der Waals surface area contributed by atoms with Gasteiger partial charge in [0, 0.05) is 24.9 Å². The maximum absolute atomic E-state index is 9.08. The van der Waals surface area contributed by atoms with E-state index in [0.717, 1.165) is 30.8 Å². The Balaban J connectivity index is 1.56. The minimum Gasteiger partial charge on any atom is -0.328 e. The lowest BCUT2D eigenvalue weighted by Gasteiger charge is -2.37. The molecule has 4 heterocycles. The molecule has 1 N–H and O–H groups in total. The number of piperidine rings is 1. The van der Waals surface area contributed by atoms with Crippen LogP contribution in [0.4, 0.5) is 0 Å². The number of nitrogens with zero attached hydrogens (tertiary/aromatic N) is 4. The third-order valence-corrected chi connectivity index (χ3v) is 5.67. The van der Waals surface area contributed by atoms with Gasteiger partial charge in [-0.25, -0.2) is 0 Å². The molecule has 4 atom stereocenters. The third-order valence-electron chi connectivity index (χ3n) is 5.67. The topological polar surface area (TPSA) is 64.3 Å². The molecule has 0 aromatic carbocycles. The van der Waals surface area contributed by atoms with Crippen molar-refractivity contribution < 1.29 is 0 Å². The molecule has 5 heteroatoms. The molecule has 0 amide bonds. The number of fused-ring (bicyclic) bond motifs is 1. The first-order valence-corrected chi connectivity index (χ1v) is 9.53. The van der Waals surface area contributed by atoms with Crippen molar-refractivity contribution in [3.63, 3.8) is 0 Å². The van der Waals surface area contributed by atoms with Crippen molar-refractivity contribution in [1.29, 1.82) is 5.26 Å². The highest BCUT2D eigenvalue weighted by atomic mass is 15.3. The highest BCUT2D eigenvalue weighted by Gasteiger charge is 2.41. The summed E-state index contributed by atoms with van der Waals surface area (Å²) < 4.78 is 0. The number of rotatable bonds is 4. The summed E-state index contributed by atoms with van der Waals surface area (Å²) in [4.78, 5) is 11.9. The van der Waals surface area contributed by atoms with Crippen LogP contribution in [0, 0.1) is 18.3 Å². The van der Waals surface area contributed by atoms with Crippen LogP contribution < -0.4 is 5.32 Å². The summed E-state index contributed by atoms with van der Waals surface area (Å²) in [7, 11) is 0. The molecular weight excluding hydrogens is 322 g/mol. The summed E-state index contributed by atoms with van der Waals surface area (Å²) in [6, 6.07) is 7.48. The lowest BCUT2D eigenvalue weighted by Crippen LogP contribution is -2.50. The maximum Gasteiger partial charge on any atom is 0.128 e. The second-order valence-electron chi connectivity index (χ2n) is 7.31. The normalized spacial score (nSPS) is 30.0. The van der Waals surface area contributed by atoms with Gasteiger partial charge in [0.25, 0.3) is 0 Å². The van der Waals surface area contributed by atoms with Crippen LogP contribution in [-0.2, 0) is 0 Å². The Labute approximate surface area is 155 Å². The molecule has 0 aliphatic carbocycles. The van der Waals surface area contributed by atoms with Gasteiger partial charge in [-0.3, -0.25) is 9.98 Å². The van der Waals surface area contributed by atoms with E-state index in [2.05, 4.69) is 52.6 Å². The Morgan fingerprint density at radius 3 is 3.12 bits per heavy atom. The molecule has 2 unspecified atom stereocenters. The highest BCUT2D eigenvalue weighted by molar-refractivity contribution is 5.96. The Kier molecular flexibility index (Phi) is 4.85. The smallest absolute Gasteiger partial charge is 0.128 e.